The van der Waals surface area contributed by atoms with Crippen molar-refractivity contribution in [1.29, 1.82) is 0 Å². The van der Waals surface area contributed by atoms with E-state index in [0.29, 0.717) is 12.5 Å². The lowest BCUT2D eigenvalue weighted by atomic mass is 9.99. The van der Waals surface area contributed by atoms with E-state index in [9.17, 15) is 5.11 Å². The molecule has 1 aromatic heterocycles. The van der Waals surface area contributed by atoms with E-state index in [4.69, 9.17) is 0 Å². The summed E-state index contributed by atoms with van der Waals surface area (Å²) in [7, 11) is 0. The number of aliphatic hydroxyl groups excluding tert-OH is 1. The summed E-state index contributed by atoms with van der Waals surface area (Å²) >= 11 is 0. The van der Waals surface area contributed by atoms with Crippen LogP contribution in [-0.4, -0.2) is 26.2 Å². The molecule has 1 aromatic rings. The Labute approximate surface area is 77.6 Å². The lowest BCUT2D eigenvalue weighted by Crippen LogP contribution is -2.18. The molecule has 2 rings (SSSR count). The Bertz CT molecular complexity index is 306. The number of nitrogens with zero attached hydrogens (tertiary/aromatic N) is 3. The third-order valence-corrected chi connectivity index (χ3v) is 2.38. The summed E-state index contributed by atoms with van der Waals surface area (Å²) in [6.07, 6.45) is 2.14. The van der Waals surface area contributed by atoms with Gasteiger partial charge in [-0.25, -0.2) is 0 Å². The molecule has 72 valence electrons. The highest BCUT2D eigenvalue weighted by Gasteiger charge is 2.21. The summed E-state index contributed by atoms with van der Waals surface area (Å²) in [6, 6.07) is 0.308. The normalized spacial score (nSPS) is 22.0. The van der Waals surface area contributed by atoms with Gasteiger partial charge < -0.3 is 5.11 Å². The van der Waals surface area contributed by atoms with Crippen LogP contribution < -0.4 is 0 Å². The van der Waals surface area contributed by atoms with Gasteiger partial charge in [0.05, 0.1) is 23.5 Å². The van der Waals surface area contributed by atoms with Crippen molar-refractivity contribution in [2.45, 2.75) is 45.3 Å². The maximum atomic E-state index is 9.43. The molecule has 1 atom stereocenters. The summed E-state index contributed by atoms with van der Waals surface area (Å²) in [6.45, 7) is 4.11. The zero-order valence-corrected chi connectivity index (χ0v) is 8.06. The Hall–Kier alpha value is -0.900. The zero-order chi connectivity index (χ0) is 9.42. The van der Waals surface area contributed by atoms with Gasteiger partial charge in [-0.2, -0.15) is 15.0 Å². The number of hydrogen-bond donors (Lipinski definition) is 1. The van der Waals surface area contributed by atoms with Crippen molar-refractivity contribution in [3.63, 3.8) is 0 Å². The van der Waals surface area contributed by atoms with E-state index in [0.717, 1.165) is 24.2 Å². The molecule has 0 fully saturated rings. The fourth-order valence-electron chi connectivity index (χ4n) is 1.60. The molecular weight excluding hydrogens is 166 g/mol. The van der Waals surface area contributed by atoms with Crippen LogP contribution in [0.1, 0.15) is 37.7 Å². The molecular formula is C9H15N3O. The topological polar surface area (TPSA) is 50.9 Å². The van der Waals surface area contributed by atoms with Crippen molar-refractivity contribution in [3.05, 3.63) is 11.4 Å². The van der Waals surface area contributed by atoms with Gasteiger partial charge in [-0.3, -0.25) is 0 Å². The monoisotopic (exact) mass is 181 g/mol. The smallest absolute Gasteiger partial charge is 0.0885 e. The van der Waals surface area contributed by atoms with Crippen LogP contribution >= 0.6 is 0 Å². The van der Waals surface area contributed by atoms with Crippen LogP contribution in [0.25, 0.3) is 0 Å². The van der Waals surface area contributed by atoms with Crippen LogP contribution in [0.2, 0.25) is 0 Å². The van der Waals surface area contributed by atoms with E-state index < -0.39 is 0 Å². The second kappa shape index (κ2) is 3.10. The molecule has 0 aliphatic heterocycles. The first kappa shape index (κ1) is 8.69. The van der Waals surface area contributed by atoms with Gasteiger partial charge in [0.15, 0.2) is 0 Å². The van der Waals surface area contributed by atoms with Crippen LogP contribution in [-0.2, 0) is 12.8 Å². The number of aromatic nitrogens is 3. The van der Waals surface area contributed by atoms with Crippen molar-refractivity contribution in [1.82, 2.24) is 15.0 Å². The summed E-state index contributed by atoms with van der Waals surface area (Å²) in [5, 5.41) is 18.2. The van der Waals surface area contributed by atoms with Crippen molar-refractivity contribution in [3.8, 4) is 0 Å². The predicted molar refractivity (Wildman–Crippen MR) is 48.4 cm³/mol. The Balaban J connectivity index is 2.28. The zero-order valence-electron chi connectivity index (χ0n) is 8.06. The number of aryl methyl sites for hydroxylation is 1. The fraction of sp³-hybridized carbons (Fsp3) is 0.778. The average molecular weight is 181 g/mol. The second-order valence-corrected chi connectivity index (χ2v) is 3.90. The quantitative estimate of drug-likeness (QED) is 0.694. The standard InChI is InChI=1S/C9H15N3O/c1-6(2)12-10-8-4-3-7(13)5-9(8)11-12/h6-7,13H,3-5H2,1-2H3. The maximum Gasteiger partial charge on any atom is 0.0885 e. The highest BCUT2D eigenvalue weighted by molar-refractivity contribution is 5.13. The van der Waals surface area contributed by atoms with E-state index in [1.54, 1.807) is 4.80 Å². The Morgan fingerprint density at radius 2 is 2.08 bits per heavy atom. The molecule has 1 aliphatic carbocycles. The lowest BCUT2D eigenvalue weighted by molar-refractivity contribution is 0.157. The van der Waals surface area contributed by atoms with Gasteiger partial charge in [0.2, 0.25) is 0 Å². The molecule has 13 heavy (non-hydrogen) atoms. The van der Waals surface area contributed by atoms with E-state index in [1.807, 2.05) is 0 Å². The number of fused-ring (bicyclic) bond motifs is 1. The minimum Gasteiger partial charge on any atom is -0.393 e. The first-order valence-corrected chi connectivity index (χ1v) is 4.79. The Morgan fingerprint density at radius 1 is 1.38 bits per heavy atom. The van der Waals surface area contributed by atoms with Crippen molar-refractivity contribution in [2.75, 3.05) is 0 Å². The van der Waals surface area contributed by atoms with Crippen molar-refractivity contribution in [2.24, 2.45) is 0 Å². The van der Waals surface area contributed by atoms with Crippen LogP contribution in [0.4, 0.5) is 0 Å². The fourth-order valence-corrected chi connectivity index (χ4v) is 1.60. The van der Waals surface area contributed by atoms with Crippen molar-refractivity contribution >= 4 is 0 Å². The molecule has 0 radical (unpaired) electrons. The van der Waals surface area contributed by atoms with Crippen LogP contribution in [0, 0.1) is 0 Å². The third-order valence-electron chi connectivity index (χ3n) is 2.38. The van der Waals surface area contributed by atoms with E-state index in [2.05, 4.69) is 24.0 Å². The number of rotatable bonds is 1. The molecule has 1 N–H and O–H groups in total. The first-order valence-electron chi connectivity index (χ1n) is 4.79. The van der Waals surface area contributed by atoms with Gasteiger partial charge in [-0.05, 0) is 26.7 Å². The van der Waals surface area contributed by atoms with Gasteiger partial charge in [0.1, 0.15) is 0 Å². The van der Waals surface area contributed by atoms with Crippen LogP contribution in [0.15, 0.2) is 0 Å². The molecule has 1 unspecified atom stereocenters. The molecule has 0 bridgehead atoms. The molecule has 0 amide bonds. The minimum absolute atomic E-state index is 0.218. The van der Waals surface area contributed by atoms with Crippen molar-refractivity contribution < 1.29 is 5.11 Å². The van der Waals surface area contributed by atoms with Crippen LogP contribution in [0.5, 0.6) is 0 Å². The van der Waals surface area contributed by atoms with E-state index in [1.165, 1.54) is 0 Å². The summed E-state index contributed by atoms with van der Waals surface area (Å²) < 4.78 is 0. The maximum absolute atomic E-state index is 9.43. The van der Waals surface area contributed by atoms with Crippen LogP contribution in [0.3, 0.4) is 0 Å². The first-order chi connectivity index (χ1) is 6.16. The number of aliphatic hydroxyl groups is 1. The Kier molecular flexibility index (Phi) is 2.07. The molecule has 4 nitrogen and oxygen atoms in total. The van der Waals surface area contributed by atoms with E-state index in [-0.39, 0.29) is 6.10 Å². The van der Waals surface area contributed by atoms with E-state index >= 15 is 0 Å². The summed E-state index contributed by atoms with van der Waals surface area (Å²) in [4.78, 5) is 1.74. The highest BCUT2D eigenvalue weighted by atomic mass is 16.3. The number of hydrogen-bond acceptors (Lipinski definition) is 3. The molecule has 1 heterocycles. The molecule has 0 saturated heterocycles. The second-order valence-electron chi connectivity index (χ2n) is 3.90. The van der Waals surface area contributed by atoms with Gasteiger partial charge in [0, 0.05) is 6.42 Å². The average Bonchev–Trinajstić information content (AvgIpc) is 2.46. The van der Waals surface area contributed by atoms with Gasteiger partial charge in [-0.15, -0.1) is 0 Å². The molecule has 0 aromatic carbocycles. The molecule has 0 saturated carbocycles. The van der Waals surface area contributed by atoms with Gasteiger partial charge in [0.25, 0.3) is 0 Å². The molecule has 1 aliphatic rings. The summed E-state index contributed by atoms with van der Waals surface area (Å²) in [5.74, 6) is 0. The molecule has 4 heteroatoms. The SMILES string of the molecule is CC(C)n1nc2c(n1)CC(O)CC2. The Morgan fingerprint density at radius 3 is 2.77 bits per heavy atom. The highest BCUT2D eigenvalue weighted by Crippen LogP contribution is 2.18. The predicted octanol–water partition coefficient (Wildman–Crippen LogP) is 0.709. The van der Waals surface area contributed by atoms with Gasteiger partial charge >= 0.3 is 0 Å². The minimum atomic E-state index is -0.218. The largest absolute Gasteiger partial charge is 0.393 e. The van der Waals surface area contributed by atoms with Gasteiger partial charge in [-0.1, -0.05) is 0 Å². The third kappa shape index (κ3) is 1.58. The molecule has 0 spiro atoms. The lowest BCUT2D eigenvalue weighted by Gasteiger charge is -2.13. The summed E-state index contributed by atoms with van der Waals surface area (Å²) in [5.41, 5.74) is 2.05.